The van der Waals surface area contributed by atoms with Crippen molar-refractivity contribution in [3.8, 4) is 0 Å². The molecule has 0 aliphatic carbocycles. The number of halogens is 2. The van der Waals surface area contributed by atoms with Crippen LogP contribution >= 0.6 is 0 Å². The van der Waals surface area contributed by atoms with Crippen molar-refractivity contribution >= 4 is 17.7 Å². The zero-order chi connectivity index (χ0) is 16.3. The van der Waals surface area contributed by atoms with Gasteiger partial charge in [-0.25, -0.2) is 13.6 Å². The maximum Gasteiger partial charge on any atom is 0.412 e. The summed E-state index contributed by atoms with van der Waals surface area (Å²) in [7, 11) is 0. The van der Waals surface area contributed by atoms with Crippen LogP contribution in [-0.2, 0) is 15.5 Å². The molecule has 0 aliphatic rings. The van der Waals surface area contributed by atoms with Gasteiger partial charge in [-0.05, 0) is 32.9 Å². The third-order valence-electron chi connectivity index (χ3n) is 2.33. The maximum atomic E-state index is 13.5. The quantitative estimate of drug-likeness (QED) is 0.891. The predicted octanol–water partition coefficient (Wildman–Crippen LogP) is 3.60. The van der Waals surface area contributed by atoms with Crippen LogP contribution in [0.15, 0.2) is 24.3 Å². The van der Waals surface area contributed by atoms with Crippen LogP contribution in [0.1, 0.15) is 32.8 Å². The predicted molar refractivity (Wildman–Crippen MR) is 72.4 cm³/mol. The van der Waals surface area contributed by atoms with E-state index >= 15 is 0 Å². The summed E-state index contributed by atoms with van der Waals surface area (Å²) < 4.78 is 32.1. The highest BCUT2D eigenvalue weighted by atomic mass is 19.3. The van der Waals surface area contributed by atoms with Crippen molar-refractivity contribution in [3.63, 3.8) is 0 Å². The number of carbonyl (C=O) groups is 2. The van der Waals surface area contributed by atoms with Crippen LogP contribution in [0, 0.1) is 0 Å². The first-order valence-electron chi connectivity index (χ1n) is 6.20. The molecule has 0 saturated heterocycles. The maximum absolute atomic E-state index is 13.5. The zero-order valence-electron chi connectivity index (χ0n) is 11.9. The summed E-state index contributed by atoms with van der Waals surface area (Å²) >= 11 is 0. The number of carboxylic acids is 1. The number of ether oxygens (including phenoxy) is 1. The van der Waals surface area contributed by atoms with Crippen LogP contribution in [0.2, 0.25) is 0 Å². The lowest BCUT2D eigenvalue weighted by Crippen LogP contribution is -2.27. The molecule has 0 radical (unpaired) electrons. The molecule has 5 nitrogen and oxygen atoms in total. The highest BCUT2D eigenvalue weighted by Crippen LogP contribution is 2.32. The van der Waals surface area contributed by atoms with Gasteiger partial charge < -0.3 is 9.84 Å². The number of rotatable bonds is 4. The summed E-state index contributed by atoms with van der Waals surface area (Å²) in [4.78, 5) is 21.9. The summed E-state index contributed by atoms with van der Waals surface area (Å²) in [6.07, 6.45) is -1.99. The smallest absolute Gasteiger partial charge is 0.412 e. The lowest BCUT2D eigenvalue weighted by molar-refractivity contribution is -0.145. The van der Waals surface area contributed by atoms with Crippen molar-refractivity contribution in [2.45, 2.75) is 38.7 Å². The van der Waals surface area contributed by atoms with E-state index in [2.05, 4.69) is 5.32 Å². The van der Waals surface area contributed by atoms with Gasteiger partial charge in [0, 0.05) is 11.3 Å². The van der Waals surface area contributed by atoms with Gasteiger partial charge in [0.15, 0.2) is 0 Å². The van der Waals surface area contributed by atoms with E-state index in [1.54, 1.807) is 20.8 Å². The number of nitrogens with one attached hydrogen (secondary N) is 1. The summed E-state index contributed by atoms with van der Waals surface area (Å²) in [5, 5.41) is 10.8. The van der Waals surface area contributed by atoms with Crippen molar-refractivity contribution in [1.82, 2.24) is 0 Å². The number of hydrogen-bond acceptors (Lipinski definition) is 3. The Morgan fingerprint density at radius 3 is 2.14 bits per heavy atom. The minimum atomic E-state index is -3.46. The van der Waals surface area contributed by atoms with Crippen LogP contribution in [0.3, 0.4) is 0 Å². The summed E-state index contributed by atoms with van der Waals surface area (Å²) in [5.74, 6) is -5.05. The Labute approximate surface area is 120 Å². The van der Waals surface area contributed by atoms with Gasteiger partial charge in [0.05, 0.1) is 0 Å². The third-order valence-corrected chi connectivity index (χ3v) is 2.33. The number of benzene rings is 1. The lowest BCUT2D eigenvalue weighted by atomic mass is 10.1. The van der Waals surface area contributed by atoms with Crippen LogP contribution < -0.4 is 5.32 Å². The van der Waals surface area contributed by atoms with E-state index in [-0.39, 0.29) is 5.69 Å². The standard InChI is InChI=1S/C14H17F2NO4/c1-13(2,3)21-12(20)17-10-6-4-9(5-7-10)14(15,16)8-11(18)19/h4-7H,8H2,1-3H3,(H,17,20)(H,18,19). The number of anilines is 1. The molecule has 7 heteroatoms. The van der Waals surface area contributed by atoms with E-state index < -0.39 is 35.6 Å². The Balaban J connectivity index is 2.74. The average Bonchev–Trinajstić information content (AvgIpc) is 2.24. The molecular formula is C14H17F2NO4. The molecule has 0 aromatic heterocycles. The first-order valence-corrected chi connectivity index (χ1v) is 6.20. The molecule has 0 aliphatic heterocycles. The second kappa shape index (κ2) is 6.07. The Morgan fingerprint density at radius 1 is 1.19 bits per heavy atom. The topological polar surface area (TPSA) is 75.6 Å². The SMILES string of the molecule is CC(C)(C)OC(=O)Nc1ccc(C(F)(F)CC(=O)O)cc1. The van der Waals surface area contributed by atoms with Crippen molar-refractivity contribution in [3.05, 3.63) is 29.8 Å². The normalized spacial score (nSPS) is 11.9. The van der Waals surface area contributed by atoms with Gasteiger partial charge in [-0.15, -0.1) is 0 Å². The molecule has 0 saturated carbocycles. The fourth-order valence-corrected chi connectivity index (χ4v) is 1.51. The number of aliphatic carboxylic acids is 1. The molecule has 0 fully saturated rings. The molecule has 2 N–H and O–H groups in total. The minimum absolute atomic E-state index is 0.277. The first-order chi connectivity index (χ1) is 9.49. The highest BCUT2D eigenvalue weighted by molar-refractivity contribution is 5.84. The summed E-state index contributed by atoms with van der Waals surface area (Å²) in [5.41, 5.74) is -0.822. The number of carbonyl (C=O) groups excluding carboxylic acids is 1. The van der Waals surface area contributed by atoms with Gasteiger partial charge in [-0.2, -0.15) is 0 Å². The molecule has 0 spiro atoms. The number of hydrogen-bond donors (Lipinski definition) is 2. The second-order valence-corrected chi connectivity index (χ2v) is 5.48. The molecule has 0 heterocycles. The van der Waals surface area contributed by atoms with Crippen LogP contribution in [0.5, 0.6) is 0 Å². The first kappa shape index (κ1) is 16.9. The van der Waals surface area contributed by atoms with Gasteiger partial charge in [0.1, 0.15) is 12.0 Å². The molecule has 1 aromatic carbocycles. The minimum Gasteiger partial charge on any atom is -0.481 e. The van der Waals surface area contributed by atoms with Crippen molar-refractivity contribution in [2.75, 3.05) is 5.32 Å². The van der Waals surface area contributed by atoms with E-state index in [1.807, 2.05) is 0 Å². The number of alkyl halides is 2. The van der Waals surface area contributed by atoms with Crippen LogP contribution in [-0.4, -0.2) is 22.8 Å². The van der Waals surface area contributed by atoms with Gasteiger partial charge in [-0.1, -0.05) is 12.1 Å². The van der Waals surface area contributed by atoms with Gasteiger partial charge >= 0.3 is 12.1 Å². The second-order valence-electron chi connectivity index (χ2n) is 5.48. The number of amides is 1. The van der Waals surface area contributed by atoms with Crippen LogP contribution in [0.4, 0.5) is 19.3 Å². The molecule has 21 heavy (non-hydrogen) atoms. The third kappa shape index (κ3) is 5.76. The average molecular weight is 301 g/mol. The van der Waals surface area contributed by atoms with Crippen molar-refractivity contribution in [1.29, 1.82) is 0 Å². The largest absolute Gasteiger partial charge is 0.481 e. The fraction of sp³-hybridized carbons (Fsp3) is 0.429. The van der Waals surface area contributed by atoms with Gasteiger partial charge in [0.2, 0.25) is 0 Å². The van der Waals surface area contributed by atoms with Crippen molar-refractivity contribution < 1.29 is 28.2 Å². The van der Waals surface area contributed by atoms with Crippen LogP contribution in [0.25, 0.3) is 0 Å². The van der Waals surface area contributed by atoms with E-state index in [0.717, 1.165) is 12.1 Å². The molecule has 1 aromatic rings. The summed E-state index contributed by atoms with van der Waals surface area (Å²) in [6.45, 7) is 5.09. The molecule has 1 rings (SSSR count). The molecular weight excluding hydrogens is 284 g/mol. The van der Waals surface area contributed by atoms with E-state index in [1.165, 1.54) is 12.1 Å². The Kier molecular flexibility index (Phi) is 4.88. The molecule has 1 amide bonds. The molecule has 0 unspecified atom stereocenters. The Morgan fingerprint density at radius 2 is 1.71 bits per heavy atom. The fourth-order valence-electron chi connectivity index (χ4n) is 1.51. The van der Waals surface area contributed by atoms with Gasteiger partial charge in [0.25, 0.3) is 5.92 Å². The lowest BCUT2D eigenvalue weighted by Gasteiger charge is -2.20. The molecule has 0 atom stereocenters. The molecule has 116 valence electrons. The van der Waals surface area contributed by atoms with E-state index in [4.69, 9.17) is 9.84 Å². The Hall–Kier alpha value is -2.18. The summed E-state index contributed by atoms with van der Waals surface area (Å²) in [6, 6.07) is 4.65. The highest BCUT2D eigenvalue weighted by Gasteiger charge is 2.34. The molecule has 0 bridgehead atoms. The van der Waals surface area contributed by atoms with E-state index in [0.29, 0.717) is 0 Å². The zero-order valence-corrected chi connectivity index (χ0v) is 11.9. The number of carboxylic acid groups (broad SMARTS) is 1. The monoisotopic (exact) mass is 301 g/mol. The van der Waals surface area contributed by atoms with E-state index in [9.17, 15) is 18.4 Å². The van der Waals surface area contributed by atoms with Crippen molar-refractivity contribution in [2.24, 2.45) is 0 Å². The Bertz CT molecular complexity index is 521. The van der Waals surface area contributed by atoms with Gasteiger partial charge in [-0.3, -0.25) is 10.1 Å².